The number of rotatable bonds is 4. The summed E-state index contributed by atoms with van der Waals surface area (Å²) in [6.45, 7) is 2.12. The van der Waals surface area contributed by atoms with Gasteiger partial charge in [-0.3, -0.25) is 4.98 Å². The van der Waals surface area contributed by atoms with Crippen LogP contribution in [0.4, 0.5) is 0 Å². The van der Waals surface area contributed by atoms with Gasteiger partial charge in [-0.1, -0.05) is 45.1 Å². The van der Waals surface area contributed by atoms with E-state index in [1.165, 1.54) is 37.7 Å². The molecule has 1 aromatic heterocycles. The second kappa shape index (κ2) is 6.15. The molecule has 17 heavy (non-hydrogen) atoms. The highest BCUT2D eigenvalue weighted by atomic mass is 16.3. The Morgan fingerprint density at radius 1 is 1.35 bits per heavy atom. The normalized spacial score (nSPS) is 19.2. The summed E-state index contributed by atoms with van der Waals surface area (Å²) in [5.74, 6) is 0.700. The molecule has 0 aliphatic heterocycles. The lowest BCUT2D eigenvalue weighted by Gasteiger charge is -2.24. The summed E-state index contributed by atoms with van der Waals surface area (Å²) >= 11 is 0. The van der Waals surface area contributed by atoms with Gasteiger partial charge in [0.2, 0.25) is 0 Å². The largest absolute Gasteiger partial charge is 0.387 e. The number of aliphatic hydroxyl groups excluding tert-OH is 1. The Balaban J connectivity index is 2.00. The summed E-state index contributed by atoms with van der Waals surface area (Å²) in [6, 6.07) is 4.03. The molecule has 1 unspecified atom stereocenters. The van der Waals surface area contributed by atoms with Gasteiger partial charge in [-0.25, -0.2) is 0 Å². The van der Waals surface area contributed by atoms with Crippen LogP contribution in [0.3, 0.4) is 0 Å². The minimum Gasteiger partial charge on any atom is -0.387 e. The van der Waals surface area contributed by atoms with E-state index < -0.39 is 0 Å². The van der Waals surface area contributed by atoms with Gasteiger partial charge in [0.1, 0.15) is 0 Å². The summed E-state index contributed by atoms with van der Waals surface area (Å²) in [7, 11) is 0. The van der Waals surface area contributed by atoms with Crippen LogP contribution in [0.5, 0.6) is 0 Å². The predicted octanol–water partition coefficient (Wildman–Crippen LogP) is 3.65. The maximum atomic E-state index is 10.3. The van der Waals surface area contributed by atoms with Gasteiger partial charge < -0.3 is 5.11 Å². The Morgan fingerprint density at radius 2 is 2.12 bits per heavy atom. The van der Waals surface area contributed by atoms with Crippen LogP contribution in [0.2, 0.25) is 0 Å². The highest BCUT2D eigenvalue weighted by Crippen LogP contribution is 2.32. The van der Waals surface area contributed by atoms with Crippen LogP contribution in [0.1, 0.15) is 62.8 Å². The molecule has 2 rings (SSSR count). The number of aliphatic hydroxyl groups is 1. The number of nitrogens with zero attached hydrogens (tertiary/aromatic N) is 1. The molecule has 94 valence electrons. The molecule has 1 saturated carbocycles. The molecule has 1 aliphatic rings. The van der Waals surface area contributed by atoms with Gasteiger partial charge in [-0.15, -0.1) is 0 Å². The van der Waals surface area contributed by atoms with Crippen molar-refractivity contribution >= 4 is 0 Å². The number of aryl methyl sites for hydroxylation is 1. The minimum absolute atomic E-state index is 0.366. The van der Waals surface area contributed by atoms with Crippen LogP contribution in [0.25, 0.3) is 0 Å². The Morgan fingerprint density at radius 3 is 2.82 bits per heavy atom. The molecule has 1 heterocycles. The van der Waals surface area contributed by atoms with Crippen molar-refractivity contribution in [3.05, 3.63) is 29.6 Å². The van der Waals surface area contributed by atoms with E-state index in [1.807, 2.05) is 6.07 Å². The first-order valence-corrected chi connectivity index (χ1v) is 6.93. The molecular weight excluding hydrogens is 210 g/mol. The third-order valence-electron chi connectivity index (χ3n) is 3.90. The van der Waals surface area contributed by atoms with Gasteiger partial charge in [0.05, 0.1) is 11.8 Å². The zero-order valence-corrected chi connectivity index (χ0v) is 10.7. The van der Waals surface area contributed by atoms with E-state index in [-0.39, 0.29) is 6.10 Å². The summed E-state index contributed by atoms with van der Waals surface area (Å²) < 4.78 is 0. The molecule has 1 aliphatic carbocycles. The van der Waals surface area contributed by atoms with Crippen LogP contribution in [0.15, 0.2) is 18.3 Å². The Bertz CT molecular complexity index is 345. The molecule has 0 aromatic carbocycles. The van der Waals surface area contributed by atoms with Gasteiger partial charge in [0.15, 0.2) is 0 Å². The molecule has 0 bridgehead atoms. The fourth-order valence-corrected chi connectivity index (χ4v) is 2.90. The van der Waals surface area contributed by atoms with Crippen LogP contribution in [0, 0.1) is 5.92 Å². The van der Waals surface area contributed by atoms with Gasteiger partial charge in [-0.2, -0.15) is 0 Å². The van der Waals surface area contributed by atoms with Crippen molar-refractivity contribution in [2.24, 2.45) is 5.92 Å². The Kier molecular flexibility index (Phi) is 4.55. The lowest BCUT2D eigenvalue weighted by atomic mass is 9.84. The van der Waals surface area contributed by atoms with E-state index in [4.69, 9.17) is 0 Å². The van der Waals surface area contributed by atoms with Crippen LogP contribution in [-0.4, -0.2) is 10.1 Å². The van der Waals surface area contributed by atoms with Crippen molar-refractivity contribution < 1.29 is 5.11 Å². The number of pyridine rings is 1. The molecule has 0 spiro atoms. The fourth-order valence-electron chi connectivity index (χ4n) is 2.90. The molecule has 0 saturated heterocycles. The topological polar surface area (TPSA) is 33.1 Å². The summed E-state index contributed by atoms with van der Waals surface area (Å²) in [4.78, 5) is 4.36. The molecule has 2 heteroatoms. The number of aromatic nitrogens is 1. The van der Waals surface area contributed by atoms with E-state index in [2.05, 4.69) is 18.0 Å². The molecule has 1 atom stereocenters. The second-order valence-electron chi connectivity index (χ2n) is 5.16. The molecule has 1 aromatic rings. The van der Waals surface area contributed by atoms with Crippen molar-refractivity contribution in [2.45, 2.75) is 58.0 Å². The maximum absolute atomic E-state index is 10.3. The fraction of sp³-hybridized carbons (Fsp3) is 0.667. The third-order valence-corrected chi connectivity index (χ3v) is 3.90. The van der Waals surface area contributed by atoms with Gasteiger partial charge in [-0.05, 0) is 30.4 Å². The first-order valence-electron chi connectivity index (χ1n) is 6.93. The second-order valence-corrected chi connectivity index (χ2v) is 5.16. The monoisotopic (exact) mass is 233 g/mol. The molecule has 2 nitrogen and oxygen atoms in total. The van der Waals surface area contributed by atoms with E-state index in [0.29, 0.717) is 5.92 Å². The zero-order valence-electron chi connectivity index (χ0n) is 10.7. The number of hydrogen-bond acceptors (Lipinski definition) is 2. The van der Waals surface area contributed by atoms with E-state index in [0.717, 1.165) is 18.5 Å². The van der Waals surface area contributed by atoms with Crippen molar-refractivity contribution in [3.63, 3.8) is 0 Å². The van der Waals surface area contributed by atoms with Gasteiger partial charge >= 0.3 is 0 Å². The lowest BCUT2D eigenvalue weighted by Crippen LogP contribution is -2.13. The summed E-state index contributed by atoms with van der Waals surface area (Å²) in [6.07, 6.45) is 9.87. The molecule has 0 amide bonds. The van der Waals surface area contributed by atoms with Gasteiger partial charge in [0, 0.05) is 6.20 Å². The Hall–Kier alpha value is -0.890. The third kappa shape index (κ3) is 3.29. The quantitative estimate of drug-likeness (QED) is 0.861. The van der Waals surface area contributed by atoms with Crippen LogP contribution >= 0.6 is 0 Å². The van der Waals surface area contributed by atoms with Crippen molar-refractivity contribution in [1.82, 2.24) is 4.98 Å². The van der Waals surface area contributed by atoms with Crippen LogP contribution < -0.4 is 0 Å². The molecular formula is C15H23NO. The van der Waals surface area contributed by atoms with Crippen LogP contribution in [-0.2, 0) is 6.42 Å². The smallest absolute Gasteiger partial charge is 0.0965 e. The summed E-state index contributed by atoms with van der Waals surface area (Å²) in [5.41, 5.74) is 2.09. The predicted molar refractivity (Wildman–Crippen MR) is 69.8 cm³/mol. The Labute approximate surface area is 104 Å². The maximum Gasteiger partial charge on any atom is 0.0965 e. The minimum atomic E-state index is -0.366. The SMILES string of the molecule is CCc1cccnc1C(O)CC1CCCCC1. The number of hydrogen-bond donors (Lipinski definition) is 1. The summed E-state index contributed by atoms with van der Waals surface area (Å²) in [5, 5.41) is 10.3. The van der Waals surface area contributed by atoms with Gasteiger partial charge in [0.25, 0.3) is 0 Å². The average molecular weight is 233 g/mol. The lowest BCUT2D eigenvalue weighted by molar-refractivity contribution is 0.126. The average Bonchev–Trinajstić information content (AvgIpc) is 2.40. The molecule has 0 radical (unpaired) electrons. The first-order chi connectivity index (χ1) is 8.31. The highest BCUT2D eigenvalue weighted by molar-refractivity contribution is 5.21. The highest BCUT2D eigenvalue weighted by Gasteiger charge is 2.20. The van der Waals surface area contributed by atoms with Crippen molar-refractivity contribution in [1.29, 1.82) is 0 Å². The standard InChI is InChI=1S/C15H23NO/c1-2-13-9-6-10-16-15(13)14(17)11-12-7-4-3-5-8-12/h6,9-10,12,14,17H,2-5,7-8,11H2,1H3. The van der Waals surface area contributed by atoms with Crippen molar-refractivity contribution in [3.8, 4) is 0 Å². The zero-order chi connectivity index (χ0) is 12.1. The molecule has 1 N–H and O–H groups in total. The molecule has 1 fully saturated rings. The van der Waals surface area contributed by atoms with E-state index in [1.54, 1.807) is 6.20 Å². The van der Waals surface area contributed by atoms with Crippen molar-refractivity contribution in [2.75, 3.05) is 0 Å². The first kappa shape index (κ1) is 12.6. The van der Waals surface area contributed by atoms with E-state index >= 15 is 0 Å². The van der Waals surface area contributed by atoms with E-state index in [9.17, 15) is 5.11 Å².